The Morgan fingerprint density at radius 1 is 1.36 bits per heavy atom. The molecule has 0 aliphatic carbocycles. The van der Waals surface area contributed by atoms with Gasteiger partial charge >= 0.3 is 0 Å². The first-order valence-electron chi connectivity index (χ1n) is 7.83. The quantitative estimate of drug-likeness (QED) is 0.754. The maximum absolute atomic E-state index is 9.82. The molecule has 0 saturated carbocycles. The number of hydrogen-bond donors (Lipinski definition) is 3. The number of halogens is 1. The van der Waals surface area contributed by atoms with Crippen LogP contribution in [0.1, 0.15) is 19.2 Å². The highest BCUT2D eigenvalue weighted by atomic mass is 35.5. The van der Waals surface area contributed by atoms with Crippen molar-refractivity contribution in [1.29, 1.82) is 0 Å². The van der Waals surface area contributed by atoms with Crippen molar-refractivity contribution in [3.63, 3.8) is 0 Å². The Morgan fingerprint density at radius 2 is 2.18 bits per heavy atom. The van der Waals surface area contributed by atoms with Gasteiger partial charge in [0.1, 0.15) is 5.82 Å². The molecule has 1 aliphatic rings. The minimum absolute atomic E-state index is 0. The van der Waals surface area contributed by atoms with E-state index in [1.54, 1.807) is 0 Å². The fraction of sp³-hybridized carbons (Fsp3) is 0.562. The standard InChI is InChI=1S/C16H24N4O.ClH/c1-2-7-20-14-6-4-3-5-13(14)19-16(20)11-18-9-12-8-17-10-15(12)21;/h3-6,12,15,17-18,21H,2,7-11H2,1H3;1H. The highest BCUT2D eigenvalue weighted by molar-refractivity contribution is 5.85. The number of nitrogens with zero attached hydrogens (tertiary/aromatic N) is 2. The molecule has 1 aromatic carbocycles. The third kappa shape index (κ3) is 3.60. The van der Waals surface area contributed by atoms with E-state index < -0.39 is 0 Å². The number of rotatable bonds is 6. The lowest BCUT2D eigenvalue weighted by Crippen LogP contribution is -2.30. The Labute approximate surface area is 137 Å². The lowest BCUT2D eigenvalue weighted by atomic mass is 10.1. The number of fused-ring (bicyclic) bond motifs is 1. The maximum atomic E-state index is 9.82. The van der Waals surface area contributed by atoms with E-state index in [9.17, 15) is 5.11 Å². The summed E-state index contributed by atoms with van der Waals surface area (Å²) in [6.45, 7) is 6.35. The second-order valence-corrected chi connectivity index (χ2v) is 5.78. The van der Waals surface area contributed by atoms with Crippen molar-refractivity contribution < 1.29 is 5.11 Å². The van der Waals surface area contributed by atoms with Crippen molar-refractivity contribution >= 4 is 23.4 Å². The van der Waals surface area contributed by atoms with E-state index in [4.69, 9.17) is 4.98 Å². The highest BCUT2D eigenvalue weighted by Crippen LogP contribution is 2.16. The van der Waals surface area contributed by atoms with Gasteiger partial charge in [0, 0.05) is 32.1 Å². The molecule has 0 bridgehead atoms. The maximum Gasteiger partial charge on any atom is 0.123 e. The summed E-state index contributed by atoms with van der Waals surface area (Å²) in [4.78, 5) is 4.74. The van der Waals surface area contributed by atoms with Crippen molar-refractivity contribution in [1.82, 2.24) is 20.2 Å². The van der Waals surface area contributed by atoms with Gasteiger partial charge in [0.05, 0.1) is 23.7 Å². The molecule has 0 radical (unpaired) electrons. The van der Waals surface area contributed by atoms with Gasteiger partial charge in [-0.25, -0.2) is 4.98 Å². The van der Waals surface area contributed by atoms with Gasteiger partial charge in [-0.2, -0.15) is 0 Å². The van der Waals surface area contributed by atoms with Crippen LogP contribution < -0.4 is 10.6 Å². The van der Waals surface area contributed by atoms with Crippen molar-refractivity contribution in [3.05, 3.63) is 30.1 Å². The number of benzene rings is 1. The number of aliphatic hydroxyl groups excluding tert-OH is 1. The van der Waals surface area contributed by atoms with Gasteiger partial charge < -0.3 is 20.3 Å². The molecule has 1 saturated heterocycles. The lowest BCUT2D eigenvalue weighted by molar-refractivity contribution is 0.146. The van der Waals surface area contributed by atoms with E-state index in [1.165, 1.54) is 5.52 Å². The topological polar surface area (TPSA) is 62.1 Å². The molecule has 1 aromatic heterocycles. The normalized spacial score (nSPS) is 21.2. The van der Waals surface area contributed by atoms with Gasteiger partial charge in [-0.15, -0.1) is 12.4 Å². The van der Waals surface area contributed by atoms with E-state index in [0.29, 0.717) is 12.5 Å². The first-order valence-corrected chi connectivity index (χ1v) is 7.83. The van der Waals surface area contributed by atoms with Crippen LogP contribution in [0.5, 0.6) is 0 Å². The predicted molar refractivity (Wildman–Crippen MR) is 91.3 cm³/mol. The van der Waals surface area contributed by atoms with Gasteiger partial charge in [-0.3, -0.25) is 0 Å². The zero-order chi connectivity index (χ0) is 14.7. The first kappa shape index (κ1) is 17.2. The van der Waals surface area contributed by atoms with Crippen LogP contribution in [0.25, 0.3) is 11.0 Å². The molecule has 6 heteroatoms. The molecule has 3 rings (SSSR count). The molecule has 5 nitrogen and oxygen atoms in total. The summed E-state index contributed by atoms with van der Waals surface area (Å²) in [5.74, 6) is 1.38. The fourth-order valence-electron chi connectivity index (χ4n) is 3.03. The van der Waals surface area contributed by atoms with Gasteiger partial charge in [0.2, 0.25) is 0 Å². The number of para-hydroxylation sites is 2. The third-order valence-electron chi connectivity index (χ3n) is 4.17. The summed E-state index contributed by atoms with van der Waals surface area (Å²) < 4.78 is 2.30. The van der Waals surface area contributed by atoms with Crippen molar-refractivity contribution in [3.8, 4) is 0 Å². The monoisotopic (exact) mass is 324 g/mol. The van der Waals surface area contributed by atoms with Crippen LogP contribution in [0.4, 0.5) is 0 Å². The molecular weight excluding hydrogens is 300 g/mol. The summed E-state index contributed by atoms with van der Waals surface area (Å²) in [6.07, 6.45) is 0.866. The van der Waals surface area contributed by atoms with Crippen LogP contribution in [-0.4, -0.2) is 40.4 Å². The minimum Gasteiger partial charge on any atom is -0.391 e. The minimum atomic E-state index is -0.230. The number of hydrogen-bond acceptors (Lipinski definition) is 4. The van der Waals surface area contributed by atoms with E-state index in [1.807, 2.05) is 6.07 Å². The number of imidazole rings is 1. The second-order valence-electron chi connectivity index (χ2n) is 5.78. The van der Waals surface area contributed by atoms with Gasteiger partial charge in [0.15, 0.2) is 0 Å². The Kier molecular flexibility index (Phi) is 6.20. The molecule has 1 fully saturated rings. The van der Waals surface area contributed by atoms with Gasteiger partial charge in [-0.05, 0) is 18.6 Å². The summed E-state index contributed by atoms with van der Waals surface area (Å²) in [6, 6.07) is 8.29. The largest absolute Gasteiger partial charge is 0.391 e. The SMILES string of the molecule is CCCn1c(CNCC2CNCC2O)nc2ccccc21.Cl. The van der Waals surface area contributed by atoms with Crippen molar-refractivity contribution in [2.24, 2.45) is 5.92 Å². The average molecular weight is 325 g/mol. The van der Waals surface area contributed by atoms with Gasteiger partial charge in [-0.1, -0.05) is 19.1 Å². The van der Waals surface area contributed by atoms with Crippen molar-refractivity contribution in [2.45, 2.75) is 32.5 Å². The van der Waals surface area contributed by atoms with Crippen molar-refractivity contribution in [2.75, 3.05) is 19.6 Å². The number of nitrogens with one attached hydrogen (secondary N) is 2. The summed E-state index contributed by atoms with van der Waals surface area (Å²) >= 11 is 0. The van der Waals surface area contributed by atoms with E-state index in [0.717, 1.165) is 43.9 Å². The Balaban J connectivity index is 0.00000176. The van der Waals surface area contributed by atoms with E-state index in [-0.39, 0.29) is 18.5 Å². The Morgan fingerprint density at radius 3 is 2.91 bits per heavy atom. The lowest BCUT2D eigenvalue weighted by Gasteiger charge is -2.14. The van der Waals surface area contributed by atoms with Gasteiger partial charge in [0.25, 0.3) is 0 Å². The molecule has 22 heavy (non-hydrogen) atoms. The van der Waals surface area contributed by atoms with Crippen LogP contribution in [0.2, 0.25) is 0 Å². The molecule has 2 aromatic rings. The summed E-state index contributed by atoms with van der Waals surface area (Å²) in [7, 11) is 0. The van der Waals surface area contributed by atoms with E-state index in [2.05, 4.69) is 40.3 Å². The zero-order valence-corrected chi connectivity index (χ0v) is 13.8. The fourth-order valence-corrected chi connectivity index (χ4v) is 3.03. The molecule has 0 spiro atoms. The predicted octanol–water partition coefficient (Wildman–Crippen LogP) is 1.54. The summed E-state index contributed by atoms with van der Waals surface area (Å²) in [5.41, 5.74) is 2.27. The molecule has 2 atom stereocenters. The number of aromatic nitrogens is 2. The number of β-amino-alcohol motifs (C(OH)–C–C–N with tert-alkyl or cyclic N) is 1. The zero-order valence-electron chi connectivity index (χ0n) is 13.0. The number of aryl methyl sites for hydroxylation is 1. The average Bonchev–Trinajstić information content (AvgIpc) is 3.05. The van der Waals surface area contributed by atoms with E-state index >= 15 is 0 Å². The summed E-state index contributed by atoms with van der Waals surface area (Å²) in [5, 5.41) is 16.5. The molecule has 1 aliphatic heterocycles. The Hall–Kier alpha value is -1.14. The van der Waals surface area contributed by atoms with Crippen LogP contribution in [0, 0.1) is 5.92 Å². The molecule has 0 amide bonds. The highest BCUT2D eigenvalue weighted by Gasteiger charge is 2.24. The molecule has 122 valence electrons. The third-order valence-corrected chi connectivity index (χ3v) is 4.17. The van der Waals surface area contributed by atoms with Crippen LogP contribution in [0.3, 0.4) is 0 Å². The van der Waals surface area contributed by atoms with Crippen LogP contribution in [0.15, 0.2) is 24.3 Å². The van der Waals surface area contributed by atoms with Crippen LogP contribution >= 0.6 is 12.4 Å². The number of aliphatic hydroxyl groups is 1. The molecule has 3 N–H and O–H groups in total. The molecular formula is C16H25ClN4O. The molecule has 2 unspecified atom stereocenters. The second kappa shape index (κ2) is 7.92. The smallest absolute Gasteiger partial charge is 0.123 e. The molecule has 2 heterocycles. The first-order chi connectivity index (χ1) is 10.3. The Bertz CT molecular complexity index is 601. The van der Waals surface area contributed by atoms with Crippen LogP contribution in [-0.2, 0) is 13.1 Å².